The number of nitrogens with zero attached hydrogens (tertiary/aromatic N) is 2. The summed E-state index contributed by atoms with van der Waals surface area (Å²) in [5.74, 6) is 0. The second kappa shape index (κ2) is 5.06. The van der Waals surface area contributed by atoms with Crippen LogP contribution in [0, 0.1) is 20.2 Å². The van der Waals surface area contributed by atoms with Crippen molar-refractivity contribution in [2.75, 3.05) is 6.26 Å². The fourth-order valence-electron chi connectivity index (χ4n) is 1.13. The lowest BCUT2D eigenvalue weighted by Gasteiger charge is -2.02. The monoisotopic (exact) mass is 276 g/mol. The summed E-state index contributed by atoms with van der Waals surface area (Å²) in [4.78, 5) is 19.5. The molecule has 0 radical (unpaired) electrons. The van der Waals surface area contributed by atoms with E-state index in [1.807, 2.05) is 0 Å². The van der Waals surface area contributed by atoms with E-state index in [4.69, 9.17) is 0 Å². The van der Waals surface area contributed by atoms with Gasteiger partial charge in [-0.2, -0.15) is 8.42 Å². The van der Waals surface area contributed by atoms with Crippen LogP contribution in [0.15, 0.2) is 18.2 Å². The van der Waals surface area contributed by atoms with Crippen molar-refractivity contribution < 1.29 is 22.4 Å². The molecule has 0 aromatic heterocycles. The Hall–Kier alpha value is -2.07. The van der Waals surface area contributed by atoms with Crippen LogP contribution in [0.3, 0.4) is 0 Å². The van der Waals surface area contributed by atoms with Gasteiger partial charge in [0.2, 0.25) is 0 Å². The molecule has 98 valence electrons. The first kappa shape index (κ1) is 14.0. The zero-order valence-corrected chi connectivity index (χ0v) is 9.92. The smallest absolute Gasteiger partial charge is 0.265 e. The highest BCUT2D eigenvalue weighted by molar-refractivity contribution is 7.85. The van der Waals surface area contributed by atoms with Gasteiger partial charge in [0.25, 0.3) is 21.5 Å². The average Bonchev–Trinajstić information content (AvgIpc) is 2.24. The average molecular weight is 276 g/mol. The van der Waals surface area contributed by atoms with Crippen molar-refractivity contribution >= 4 is 21.5 Å². The molecule has 0 saturated carbocycles. The Kier molecular flexibility index (Phi) is 3.93. The Bertz CT molecular complexity index is 595. The molecule has 1 aromatic carbocycles. The third-order valence-corrected chi connectivity index (χ3v) is 2.45. The molecule has 1 rings (SSSR count). The van der Waals surface area contributed by atoms with Gasteiger partial charge in [0.1, 0.15) is 0 Å². The van der Waals surface area contributed by atoms with Crippen molar-refractivity contribution in [2.24, 2.45) is 0 Å². The number of hydrogen-bond donors (Lipinski definition) is 0. The van der Waals surface area contributed by atoms with Crippen LogP contribution in [0.2, 0.25) is 0 Å². The molecular weight excluding hydrogens is 268 g/mol. The van der Waals surface area contributed by atoms with Gasteiger partial charge in [-0.25, -0.2) is 0 Å². The second-order valence-electron chi connectivity index (χ2n) is 3.29. The molecule has 0 spiro atoms. The van der Waals surface area contributed by atoms with Crippen molar-refractivity contribution in [1.29, 1.82) is 0 Å². The normalized spacial score (nSPS) is 11.2. The maximum atomic E-state index is 10.8. The van der Waals surface area contributed by atoms with E-state index in [0.717, 1.165) is 24.5 Å². The van der Waals surface area contributed by atoms with Crippen LogP contribution < -0.4 is 0 Å². The first-order valence-corrected chi connectivity index (χ1v) is 6.28. The van der Waals surface area contributed by atoms with Crippen LogP contribution in [-0.4, -0.2) is 24.5 Å². The lowest BCUT2D eigenvalue weighted by atomic mass is 10.2. The zero-order chi connectivity index (χ0) is 13.9. The van der Waals surface area contributed by atoms with E-state index in [1.54, 1.807) is 0 Å². The second-order valence-corrected chi connectivity index (χ2v) is 4.94. The summed E-state index contributed by atoms with van der Waals surface area (Å²) in [6.45, 7) is -0.548. The van der Waals surface area contributed by atoms with Crippen molar-refractivity contribution in [3.05, 3.63) is 44.0 Å². The van der Waals surface area contributed by atoms with Gasteiger partial charge in [-0.3, -0.25) is 24.4 Å². The van der Waals surface area contributed by atoms with Crippen LogP contribution in [0.1, 0.15) is 5.56 Å². The van der Waals surface area contributed by atoms with Crippen molar-refractivity contribution in [3.63, 3.8) is 0 Å². The molecule has 0 bridgehead atoms. The van der Waals surface area contributed by atoms with E-state index in [2.05, 4.69) is 4.18 Å². The van der Waals surface area contributed by atoms with Gasteiger partial charge < -0.3 is 0 Å². The van der Waals surface area contributed by atoms with Crippen LogP contribution in [0.4, 0.5) is 11.4 Å². The van der Waals surface area contributed by atoms with Gasteiger partial charge in [0, 0.05) is 6.07 Å². The topological polar surface area (TPSA) is 130 Å². The fourth-order valence-corrected chi connectivity index (χ4v) is 1.47. The van der Waals surface area contributed by atoms with Crippen molar-refractivity contribution in [1.82, 2.24) is 0 Å². The molecule has 0 aliphatic heterocycles. The molecule has 1 aromatic rings. The third-order valence-electron chi connectivity index (χ3n) is 1.90. The lowest BCUT2D eigenvalue weighted by Crippen LogP contribution is -2.05. The highest BCUT2D eigenvalue weighted by Gasteiger charge is 2.20. The summed E-state index contributed by atoms with van der Waals surface area (Å²) in [6, 6.07) is 2.87. The number of hydrogen-bond acceptors (Lipinski definition) is 7. The van der Waals surface area contributed by atoms with E-state index in [9.17, 15) is 28.6 Å². The molecule has 0 N–H and O–H groups in total. The van der Waals surface area contributed by atoms with Crippen LogP contribution in [0.25, 0.3) is 0 Å². The number of nitro groups is 2. The maximum Gasteiger partial charge on any atom is 0.281 e. The van der Waals surface area contributed by atoms with E-state index >= 15 is 0 Å². The highest BCUT2D eigenvalue weighted by atomic mass is 32.2. The Balaban J connectivity index is 3.12. The largest absolute Gasteiger partial charge is 0.281 e. The Morgan fingerprint density at radius 2 is 1.83 bits per heavy atom. The predicted molar refractivity (Wildman–Crippen MR) is 59.4 cm³/mol. The van der Waals surface area contributed by atoms with Gasteiger partial charge in [-0.1, -0.05) is 0 Å². The Morgan fingerprint density at radius 1 is 1.22 bits per heavy atom. The van der Waals surface area contributed by atoms with Gasteiger partial charge in [-0.05, 0) is 6.07 Å². The molecule has 9 nitrogen and oxygen atoms in total. The molecule has 0 aliphatic carbocycles. The van der Waals surface area contributed by atoms with Gasteiger partial charge in [0.15, 0.2) is 0 Å². The summed E-state index contributed by atoms with van der Waals surface area (Å²) in [5, 5.41) is 21.2. The standard InChI is InChI=1S/C8H8N2O7S/c1-18(15,16)17-5-6-2-3-7(9(11)12)4-8(6)10(13)14/h2-4H,5H2,1H3. The van der Waals surface area contributed by atoms with Crippen LogP contribution >= 0.6 is 0 Å². The van der Waals surface area contributed by atoms with Gasteiger partial charge in [0.05, 0.1) is 34.3 Å². The van der Waals surface area contributed by atoms with E-state index in [1.165, 1.54) is 0 Å². The summed E-state index contributed by atoms with van der Waals surface area (Å²) >= 11 is 0. The minimum Gasteiger partial charge on any atom is -0.265 e. The zero-order valence-electron chi connectivity index (χ0n) is 9.10. The molecule has 0 unspecified atom stereocenters. The molecule has 0 atom stereocenters. The van der Waals surface area contributed by atoms with Gasteiger partial charge in [-0.15, -0.1) is 0 Å². The molecule has 10 heteroatoms. The lowest BCUT2D eigenvalue weighted by molar-refractivity contribution is -0.394. The first-order valence-electron chi connectivity index (χ1n) is 4.47. The minimum absolute atomic E-state index is 0.0592. The summed E-state index contributed by atoms with van der Waals surface area (Å²) in [5.41, 5.74) is -1.08. The molecule has 0 amide bonds. The minimum atomic E-state index is -3.75. The number of rotatable bonds is 5. The highest BCUT2D eigenvalue weighted by Crippen LogP contribution is 2.25. The molecule has 18 heavy (non-hydrogen) atoms. The summed E-state index contributed by atoms with van der Waals surface area (Å²) in [6.07, 6.45) is 0.796. The predicted octanol–water partition coefficient (Wildman–Crippen LogP) is 0.979. The van der Waals surface area contributed by atoms with Crippen LogP contribution in [-0.2, 0) is 20.9 Å². The maximum absolute atomic E-state index is 10.8. The molecule has 0 aliphatic rings. The van der Waals surface area contributed by atoms with Gasteiger partial charge >= 0.3 is 0 Å². The fraction of sp³-hybridized carbons (Fsp3) is 0.250. The molecule has 0 fully saturated rings. The van der Waals surface area contributed by atoms with Crippen LogP contribution in [0.5, 0.6) is 0 Å². The van der Waals surface area contributed by atoms with E-state index in [-0.39, 0.29) is 5.56 Å². The molecular formula is C8H8N2O7S. The molecule has 0 heterocycles. The van der Waals surface area contributed by atoms with Crippen molar-refractivity contribution in [2.45, 2.75) is 6.61 Å². The quantitative estimate of drug-likeness (QED) is 0.445. The first-order chi connectivity index (χ1) is 8.20. The Morgan fingerprint density at radius 3 is 2.28 bits per heavy atom. The third kappa shape index (κ3) is 3.75. The summed E-state index contributed by atoms with van der Waals surface area (Å²) < 4.78 is 25.9. The Labute approximate surface area is 101 Å². The van der Waals surface area contributed by atoms with Crippen molar-refractivity contribution in [3.8, 4) is 0 Å². The van der Waals surface area contributed by atoms with E-state index in [0.29, 0.717) is 0 Å². The number of non-ortho nitro benzene ring substituents is 1. The number of nitro benzene ring substituents is 2. The summed E-state index contributed by atoms with van der Waals surface area (Å²) in [7, 11) is -3.75. The number of benzene rings is 1. The van der Waals surface area contributed by atoms with E-state index < -0.39 is 37.9 Å². The molecule has 0 saturated heterocycles. The SMILES string of the molecule is CS(=O)(=O)OCc1ccc([N+](=O)[O-])cc1[N+](=O)[O-].